The molecule has 1 aromatic rings. The third-order valence-electron chi connectivity index (χ3n) is 2.48. The Bertz CT molecular complexity index is 288. The number of aliphatic hydroxyl groups is 1. The van der Waals surface area contributed by atoms with Crippen LogP contribution in [0, 0.1) is 0 Å². The summed E-state index contributed by atoms with van der Waals surface area (Å²) < 4.78 is 2.14. The second kappa shape index (κ2) is 7.74. The van der Waals surface area contributed by atoms with Crippen molar-refractivity contribution in [2.24, 2.45) is 0 Å². The van der Waals surface area contributed by atoms with Crippen LogP contribution in [0.1, 0.15) is 32.5 Å². The molecule has 0 spiro atoms. The highest BCUT2D eigenvalue weighted by molar-refractivity contribution is 7.99. The highest BCUT2D eigenvalue weighted by Crippen LogP contribution is 2.09. The Morgan fingerprint density at radius 3 is 3.00 bits per heavy atom. The Morgan fingerprint density at radius 1 is 1.50 bits per heavy atom. The SMILES string of the molecule is CCCn1ccnc1CC(O)CCSCC. The minimum Gasteiger partial charge on any atom is -0.393 e. The fourth-order valence-electron chi connectivity index (χ4n) is 1.65. The quantitative estimate of drug-likeness (QED) is 0.711. The summed E-state index contributed by atoms with van der Waals surface area (Å²) in [6, 6.07) is 0. The van der Waals surface area contributed by atoms with E-state index in [2.05, 4.69) is 23.4 Å². The first-order valence-electron chi connectivity index (χ1n) is 6.03. The van der Waals surface area contributed by atoms with Gasteiger partial charge in [-0.05, 0) is 24.3 Å². The third kappa shape index (κ3) is 4.58. The van der Waals surface area contributed by atoms with Gasteiger partial charge in [-0.15, -0.1) is 0 Å². The fraction of sp³-hybridized carbons (Fsp3) is 0.750. The minimum atomic E-state index is -0.253. The van der Waals surface area contributed by atoms with Crippen LogP contribution in [0.5, 0.6) is 0 Å². The Kier molecular flexibility index (Phi) is 6.57. The number of aliphatic hydroxyl groups excluding tert-OH is 1. The van der Waals surface area contributed by atoms with Crippen LogP contribution in [0.15, 0.2) is 12.4 Å². The number of thioether (sulfide) groups is 1. The summed E-state index contributed by atoms with van der Waals surface area (Å²) in [6.07, 6.45) is 6.20. The molecule has 0 saturated heterocycles. The molecule has 1 N–H and O–H groups in total. The van der Waals surface area contributed by atoms with Crippen LogP contribution in [0.25, 0.3) is 0 Å². The van der Waals surface area contributed by atoms with E-state index in [1.54, 1.807) is 0 Å². The molecule has 4 heteroatoms. The molecular weight excluding hydrogens is 220 g/mol. The first-order chi connectivity index (χ1) is 7.77. The van der Waals surface area contributed by atoms with E-state index >= 15 is 0 Å². The van der Waals surface area contributed by atoms with Crippen molar-refractivity contribution in [3.8, 4) is 0 Å². The van der Waals surface area contributed by atoms with Gasteiger partial charge < -0.3 is 9.67 Å². The van der Waals surface area contributed by atoms with E-state index in [1.807, 2.05) is 24.2 Å². The van der Waals surface area contributed by atoms with Gasteiger partial charge in [0.2, 0.25) is 0 Å². The lowest BCUT2D eigenvalue weighted by Crippen LogP contribution is -2.15. The molecule has 0 radical (unpaired) electrons. The predicted octanol–water partition coefficient (Wildman–Crippen LogP) is 2.34. The first-order valence-corrected chi connectivity index (χ1v) is 7.19. The summed E-state index contributed by atoms with van der Waals surface area (Å²) in [5, 5.41) is 9.87. The number of hydrogen-bond donors (Lipinski definition) is 1. The van der Waals surface area contributed by atoms with Gasteiger partial charge >= 0.3 is 0 Å². The Labute approximate surface area is 102 Å². The monoisotopic (exact) mass is 242 g/mol. The van der Waals surface area contributed by atoms with E-state index in [0.717, 1.165) is 36.7 Å². The largest absolute Gasteiger partial charge is 0.393 e. The zero-order valence-electron chi connectivity index (χ0n) is 10.2. The molecule has 0 saturated carbocycles. The van der Waals surface area contributed by atoms with Gasteiger partial charge in [-0.1, -0.05) is 13.8 Å². The number of hydrogen-bond acceptors (Lipinski definition) is 3. The van der Waals surface area contributed by atoms with Gasteiger partial charge in [0.15, 0.2) is 0 Å². The summed E-state index contributed by atoms with van der Waals surface area (Å²) in [4.78, 5) is 4.30. The normalized spacial score (nSPS) is 12.9. The van der Waals surface area contributed by atoms with Gasteiger partial charge in [0, 0.05) is 25.4 Å². The standard InChI is InChI=1S/C12H22N2OS/c1-3-7-14-8-6-13-12(14)10-11(15)5-9-16-4-2/h6,8,11,15H,3-5,7,9-10H2,1-2H3. The van der Waals surface area contributed by atoms with E-state index in [9.17, 15) is 5.11 Å². The van der Waals surface area contributed by atoms with Crippen molar-refractivity contribution in [3.05, 3.63) is 18.2 Å². The maximum absolute atomic E-state index is 9.87. The Balaban J connectivity index is 2.36. The van der Waals surface area contributed by atoms with E-state index in [1.165, 1.54) is 0 Å². The molecule has 1 unspecified atom stereocenters. The second-order valence-electron chi connectivity index (χ2n) is 3.88. The van der Waals surface area contributed by atoms with Crippen molar-refractivity contribution in [3.63, 3.8) is 0 Å². The Morgan fingerprint density at radius 2 is 2.31 bits per heavy atom. The number of nitrogens with zero attached hydrogens (tertiary/aromatic N) is 2. The second-order valence-corrected chi connectivity index (χ2v) is 5.27. The van der Waals surface area contributed by atoms with Crippen molar-refractivity contribution < 1.29 is 5.11 Å². The highest BCUT2D eigenvalue weighted by atomic mass is 32.2. The molecule has 1 atom stereocenters. The summed E-state index contributed by atoms with van der Waals surface area (Å²) >= 11 is 1.88. The molecule has 0 bridgehead atoms. The fourth-order valence-corrected chi connectivity index (χ4v) is 2.38. The lowest BCUT2D eigenvalue weighted by atomic mass is 10.2. The van der Waals surface area contributed by atoms with Crippen LogP contribution >= 0.6 is 11.8 Å². The van der Waals surface area contributed by atoms with Crippen LogP contribution in [-0.2, 0) is 13.0 Å². The summed E-state index contributed by atoms with van der Waals surface area (Å²) in [5.41, 5.74) is 0. The zero-order chi connectivity index (χ0) is 11.8. The topological polar surface area (TPSA) is 38.0 Å². The van der Waals surface area contributed by atoms with Gasteiger partial charge in [0.25, 0.3) is 0 Å². The van der Waals surface area contributed by atoms with E-state index in [-0.39, 0.29) is 6.10 Å². The van der Waals surface area contributed by atoms with Gasteiger partial charge in [-0.25, -0.2) is 4.98 Å². The van der Waals surface area contributed by atoms with Crippen molar-refractivity contribution in [2.75, 3.05) is 11.5 Å². The van der Waals surface area contributed by atoms with Gasteiger partial charge in [0.1, 0.15) is 5.82 Å². The molecule has 3 nitrogen and oxygen atoms in total. The molecule has 16 heavy (non-hydrogen) atoms. The van der Waals surface area contributed by atoms with Gasteiger partial charge in [0.05, 0.1) is 6.10 Å². The smallest absolute Gasteiger partial charge is 0.111 e. The number of rotatable bonds is 8. The zero-order valence-corrected chi connectivity index (χ0v) is 11.0. The molecule has 0 aromatic carbocycles. The average molecular weight is 242 g/mol. The maximum atomic E-state index is 9.87. The summed E-state index contributed by atoms with van der Waals surface area (Å²) in [6.45, 7) is 5.29. The van der Waals surface area contributed by atoms with Crippen molar-refractivity contribution >= 4 is 11.8 Å². The predicted molar refractivity (Wildman–Crippen MR) is 69.8 cm³/mol. The molecule has 92 valence electrons. The lowest BCUT2D eigenvalue weighted by Gasteiger charge is -2.11. The van der Waals surface area contributed by atoms with Crippen molar-refractivity contribution in [1.82, 2.24) is 9.55 Å². The molecule has 0 aliphatic carbocycles. The molecule has 0 aliphatic heterocycles. The molecule has 1 rings (SSSR count). The van der Waals surface area contributed by atoms with E-state index < -0.39 is 0 Å². The molecule has 0 aliphatic rings. The van der Waals surface area contributed by atoms with Crippen LogP contribution in [-0.4, -0.2) is 32.3 Å². The third-order valence-corrected chi connectivity index (χ3v) is 3.42. The van der Waals surface area contributed by atoms with Crippen LogP contribution in [0.3, 0.4) is 0 Å². The number of aromatic nitrogens is 2. The van der Waals surface area contributed by atoms with Crippen molar-refractivity contribution in [1.29, 1.82) is 0 Å². The molecule has 0 amide bonds. The van der Waals surface area contributed by atoms with Gasteiger partial charge in [-0.2, -0.15) is 11.8 Å². The summed E-state index contributed by atoms with van der Waals surface area (Å²) in [7, 11) is 0. The average Bonchev–Trinajstić information content (AvgIpc) is 2.67. The summed E-state index contributed by atoms with van der Waals surface area (Å²) in [5.74, 6) is 3.17. The molecular formula is C12H22N2OS. The van der Waals surface area contributed by atoms with Crippen LogP contribution < -0.4 is 0 Å². The number of imidazole rings is 1. The van der Waals surface area contributed by atoms with Crippen molar-refractivity contribution in [2.45, 2.75) is 45.8 Å². The molecule has 0 fully saturated rings. The van der Waals surface area contributed by atoms with Crippen LogP contribution in [0.4, 0.5) is 0 Å². The van der Waals surface area contributed by atoms with E-state index in [0.29, 0.717) is 6.42 Å². The molecule has 1 aromatic heterocycles. The number of aryl methyl sites for hydroxylation is 1. The van der Waals surface area contributed by atoms with Crippen LogP contribution in [0.2, 0.25) is 0 Å². The van der Waals surface area contributed by atoms with Gasteiger partial charge in [-0.3, -0.25) is 0 Å². The highest BCUT2D eigenvalue weighted by Gasteiger charge is 2.09. The maximum Gasteiger partial charge on any atom is 0.111 e. The minimum absolute atomic E-state index is 0.253. The van der Waals surface area contributed by atoms with E-state index in [4.69, 9.17) is 0 Å². The lowest BCUT2D eigenvalue weighted by molar-refractivity contribution is 0.168. The first kappa shape index (κ1) is 13.6. The molecule has 1 heterocycles. The Hall–Kier alpha value is -0.480.